The molecule has 0 aromatic carbocycles. The van der Waals surface area contributed by atoms with Crippen LogP contribution in [0.25, 0.3) is 0 Å². The molecule has 0 saturated heterocycles. The zero-order valence-corrected chi connectivity index (χ0v) is 14.7. The van der Waals surface area contributed by atoms with E-state index in [2.05, 4.69) is 57.0 Å². The second kappa shape index (κ2) is 9.01. The first-order valence-electron chi connectivity index (χ1n) is 8.55. The van der Waals surface area contributed by atoms with Gasteiger partial charge in [0.15, 0.2) is 0 Å². The molecule has 0 aromatic rings. The SMILES string of the molecule is CCN(CCCN(C)C)C1CC(C(C)C)CCC1NC. The Hall–Kier alpha value is -0.120. The van der Waals surface area contributed by atoms with Gasteiger partial charge < -0.3 is 10.2 Å². The third kappa shape index (κ3) is 5.34. The lowest BCUT2D eigenvalue weighted by Crippen LogP contribution is -2.53. The van der Waals surface area contributed by atoms with Crippen molar-refractivity contribution in [3.05, 3.63) is 0 Å². The highest BCUT2D eigenvalue weighted by molar-refractivity contribution is 4.91. The molecule has 0 heterocycles. The smallest absolute Gasteiger partial charge is 0.0251 e. The first kappa shape index (κ1) is 17.9. The van der Waals surface area contributed by atoms with Crippen LogP contribution in [0.5, 0.6) is 0 Å². The number of likely N-dealkylation sites (N-methyl/N-ethyl adjacent to an activating group) is 2. The molecular formula is C17H37N3. The molecule has 1 saturated carbocycles. The molecular weight excluding hydrogens is 246 g/mol. The summed E-state index contributed by atoms with van der Waals surface area (Å²) in [6.45, 7) is 10.7. The van der Waals surface area contributed by atoms with Crippen molar-refractivity contribution in [2.45, 2.75) is 58.5 Å². The molecule has 20 heavy (non-hydrogen) atoms. The normalized spacial score (nSPS) is 27.8. The van der Waals surface area contributed by atoms with Gasteiger partial charge in [-0.2, -0.15) is 0 Å². The summed E-state index contributed by atoms with van der Waals surface area (Å²) in [5, 5.41) is 3.58. The zero-order chi connectivity index (χ0) is 15.1. The van der Waals surface area contributed by atoms with Crippen molar-refractivity contribution < 1.29 is 0 Å². The predicted molar refractivity (Wildman–Crippen MR) is 89.2 cm³/mol. The van der Waals surface area contributed by atoms with Crippen LogP contribution in [-0.2, 0) is 0 Å². The van der Waals surface area contributed by atoms with Gasteiger partial charge >= 0.3 is 0 Å². The van der Waals surface area contributed by atoms with Crippen molar-refractivity contribution in [1.29, 1.82) is 0 Å². The number of nitrogens with one attached hydrogen (secondary N) is 1. The molecule has 0 radical (unpaired) electrons. The van der Waals surface area contributed by atoms with Crippen LogP contribution in [0, 0.1) is 11.8 Å². The molecule has 0 aliphatic heterocycles. The topological polar surface area (TPSA) is 18.5 Å². The van der Waals surface area contributed by atoms with Crippen molar-refractivity contribution in [3.8, 4) is 0 Å². The first-order valence-corrected chi connectivity index (χ1v) is 8.55. The second-order valence-corrected chi connectivity index (χ2v) is 7.07. The average molecular weight is 284 g/mol. The molecule has 120 valence electrons. The highest BCUT2D eigenvalue weighted by atomic mass is 15.2. The summed E-state index contributed by atoms with van der Waals surface area (Å²) >= 11 is 0. The number of rotatable bonds is 8. The highest BCUT2D eigenvalue weighted by Crippen LogP contribution is 2.32. The number of nitrogens with zero attached hydrogens (tertiary/aromatic N) is 2. The van der Waals surface area contributed by atoms with Crippen molar-refractivity contribution in [3.63, 3.8) is 0 Å². The van der Waals surface area contributed by atoms with E-state index in [0.29, 0.717) is 6.04 Å². The van der Waals surface area contributed by atoms with Gasteiger partial charge in [-0.3, -0.25) is 4.90 Å². The fourth-order valence-electron chi connectivity index (χ4n) is 3.67. The number of hydrogen-bond donors (Lipinski definition) is 1. The maximum Gasteiger partial charge on any atom is 0.0251 e. The van der Waals surface area contributed by atoms with Gasteiger partial charge in [-0.25, -0.2) is 0 Å². The van der Waals surface area contributed by atoms with Gasteiger partial charge in [0, 0.05) is 12.1 Å². The molecule has 3 heteroatoms. The number of hydrogen-bond acceptors (Lipinski definition) is 3. The van der Waals surface area contributed by atoms with Gasteiger partial charge in [0.1, 0.15) is 0 Å². The minimum absolute atomic E-state index is 0.685. The van der Waals surface area contributed by atoms with E-state index in [-0.39, 0.29) is 0 Å². The molecule has 1 aliphatic carbocycles. The van der Waals surface area contributed by atoms with Gasteiger partial charge in [-0.15, -0.1) is 0 Å². The van der Waals surface area contributed by atoms with E-state index in [4.69, 9.17) is 0 Å². The molecule has 0 amide bonds. The summed E-state index contributed by atoms with van der Waals surface area (Å²) in [5.41, 5.74) is 0. The highest BCUT2D eigenvalue weighted by Gasteiger charge is 2.33. The monoisotopic (exact) mass is 283 g/mol. The van der Waals surface area contributed by atoms with Crippen LogP contribution in [0.15, 0.2) is 0 Å². The Morgan fingerprint density at radius 1 is 1.15 bits per heavy atom. The van der Waals surface area contributed by atoms with Gasteiger partial charge in [0.2, 0.25) is 0 Å². The lowest BCUT2D eigenvalue weighted by atomic mass is 9.76. The van der Waals surface area contributed by atoms with Crippen molar-refractivity contribution in [1.82, 2.24) is 15.1 Å². The van der Waals surface area contributed by atoms with E-state index in [1.54, 1.807) is 0 Å². The Bertz CT molecular complexity index is 253. The van der Waals surface area contributed by atoms with Crippen LogP contribution in [0.4, 0.5) is 0 Å². The molecule has 3 atom stereocenters. The van der Waals surface area contributed by atoms with E-state index in [1.807, 2.05) is 0 Å². The van der Waals surface area contributed by atoms with E-state index >= 15 is 0 Å². The Balaban J connectivity index is 2.59. The molecule has 1 N–H and O–H groups in total. The Kier molecular flexibility index (Phi) is 8.08. The third-order valence-electron chi connectivity index (χ3n) is 5.10. The van der Waals surface area contributed by atoms with E-state index in [1.165, 1.54) is 45.3 Å². The Labute approximate surface area is 127 Å². The van der Waals surface area contributed by atoms with Crippen LogP contribution < -0.4 is 5.32 Å². The maximum atomic E-state index is 3.58. The molecule has 0 spiro atoms. The summed E-state index contributed by atoms with van der Waals surface area (Å²) in [4.78, 5) is 5.01. The minimum Gasteiger partial charge on any atom is -0.315 e. The zero-order valence-electron chi connectivity index (χ0n) is 14.7. The van der Waals surface area contributed by atoms with Crippen molar-refractivity contribution >= 4 is 0 Å². The quantitative estimate of drug-likeness (QED) is 0.739. The van der Waals surface area contributed by atoms with E-state index in [9.17, 15) is 0 Å². The molecule has 1 fully saturated rings. The fraction of sp³-hybridized carbons (Fsp3) is 1.00. The average Bonchev–Trinajstić information content (AvgIpc) is 2.42. The Morgan fingerprint density at radius 3 is 2.35 bits per heavy atom. The fourth-order valence-corrected chi connectivity index (χ4v) is 3.67. The first-order chi connectivity index (χ1) is 9.49. The molecule has 0 bridgehead atoms. The molecule has 1 rings (SSSR count). The van der Waals surface area contributed by atoms with Crippen LogP contribution in [0.1, 0.15) is 46.5 Å². The van der Waals surface area contributed by atoms with Crippen LogP contribution in [0.3, 0.4) is 0 Å². The summed E-state index contributed by atoms with van der Waals surface area (Å²) < 4.78 is 0. The summed E-state index contributed by atoms with van der Waals surface area (Å²) in [6.07, 6.45) is 5.39. The maximum absolute atomic E-state index is 3.58. The van der Waals surface area contributed by atoms with Crippen LogP contribution in [0.2, 0.25) is 0 Å². The lowest BCUT2D eigenvalue weighted by molar-refractivity contribution is 0.0869. The van der Waals surface area contributed by atoms with E-state index in [0.717, 1.165) is 17.9 Å². The molecule has 3 nitrogen and oxygen atoms in total. The third-order valence-corrected chi connectivity index (χ3v) is 5.10. The van der Waals surface area contributed by atoms with Gasteiger partial charge in [-0.1, -0.05) is 20.8 Å². The molecule has 0 aromatic heterocycles. The van der Waals surface area contributed by atoms with Gasteiger partial charge in [0.05, 0.1) is 0 Å². The van der Waals surface area contributed by atoms with Crippen molar-refractivity contribution in [2.75, 3.05) is 40.8 Å². The standard InChI is InChI=1S/C17H37N3/c1-7-20(12-8-11-19(5)6)17-13-15(14(2)3)9-10-16(17)18-4/h14-18H,7-13H2,1-6H3. The summed E-state index contributed by atoms with van der Waals surface area (Å²) in [6, 6.07) is 1.41. The van der Waals surface area contributed by atoms with Gasteiger partial charge in [0.25, 0.3) is 0 Å². The summed E-state index contributed by atoms with van der Waals surface area (Å²) in [5.74, 6) is 1.74. The van der Waals surface area contributed by atoms with Crippen LogP contribution in [-0.4, -0.2) is 62.7 Å². The largest absolute Gasteiger partial charge is 0.315 e. The Morgan fingerprint density at radius 2 is 1.85 bits per heavy atom. The molecule has 1 aliphatic rings. The minimum atomic E-state index is 0.685. The van der Waals surface area contributed by atoms with Crippen LogP contribution >= 0.6 is 0 Å². The van der Waals surface area contributed by atoms with Gasteiger partial charge in [-0.05, 0) is 78.3 Å². The summed E-state index contributed by atoms with van der Waals surface area (Å²) in [7, 11) is 6.48. The lowest BCUT2D eigenvalue weighted by Gasteiger charge is -2.43. The van der Waals surface area contributed by atoms with E-state index < -0.39 is 0 Å². The molecule has 3 unspecified atom stereocenters. The second-order valence-electron chi connectivity index (χ2n) is 7.07. The predicted octanol–water partition coefficient (Wildman–Crippen LogP) is 2.67. The van der Waals surface area contributed by atoms with Crippen molar-refractivity contribution in [2.24, 2.45) is 11.8 Å².